The molecule has 0 aromatic heterocycles. The fourth-order valence-electron chi connectivity index (χ4n) is 1.37. The fourth-order valence-corrected chi connectivity index (χ4v) is 1.37. The molecule has 16 heavy (non-hydrogen) atoms. The molecule has 0 radical (unpaired) electrons. The largest absolute Gasteiger partial charge is 0.382 e. The summed E-state index contributed by atoms with van der Waals surface area (Å²) in [5.41, 5.74) is 2.51. The Morgan fingerprint density at radius 2 is 1.75 bits per heavy atom. The van der Waals surface area contributed by atoms with Gasteiger partial charge < -0.3 is 14.4 Å². The van der Waals surface area contributed by atoms with Crippen LogP contribution in [-0.2, 0) is 9.47 Å². The molecule has 1 rings (SSSR count). The molecule has 0 heterocycles. The normalized spacial score (nSPS) is 10.4. The molecule has 1 aromatic carbocycles. The quantitative estimate of drug-likeness (QED) is 0.661. The molecular weight excluding hydrogens is 202 g/mol. The molecule has 0 aliphatic rings. The minimum atomic E-state index is 0.661. The van der Waals surface area contributed by atoms with Crippen molar-refractivity contribution >= 4 is 5.69 Å². The van der Waals surface area contributed by atoms with Gasteiger partial charge in [0.05, 0.1) is 19.8 Å². The third-order valence-electron chi connectivity index (χ3n) is 2.48. The molecule has 0 fully saturated rings. The number of aryl methyl sites for hydroxylation is 1. The first-order valence-electron chi connectivity index (χ1n) is 5.58. The lowest BCUT2D eigenvalue weighted by Gasteiger charge is -2.19. The van der Waals surface area contributed by atoms with Gasteiger partial charge in [-0.05, 0) is 19.1 Å². The highest BCUT2D eigenvalue weighted by Gasteiger charge is 1.99. The minimum Gasteiger partial charge on any atom is -0.382 e. The second kappa shape index (κ2) is 7.25. The predicted molar refractivity (Wildman–Crippen MR) is 67.1 cm³/mol. The SMILES string of the molecule is COCCOCCN(C)c1ccc(C)cc1. The molecule has 1 aromatic rings. The number of hydrogen-bond donors (Lipinski definition) is 0. The first-order chi connectivity index (χ1) is 7.74. The first kappa shape index (κ1) is 13.0. The van der Waals surface area contributed by atoms with E-state index in [1.807, 2.05) is 0 Å². The molecule has 0 atom stereocenters. The number of hydrogen-bond acceptors (Lipinski definition) is 3. The van der Waals surface area contributed by atoms with Crippen molar-refractivity contribution in [3.63, 3.8) is 0 Å². The zero-order valence-electron chi connectivity index (χ0n) is 10.4. The Morgan fingerprint density at radius 3 is 2.38 bits per heavy atom. The highest BCUT2D eigenvalue weighted by atomic mass is 16.5. The van der Waals surface area contributed by atoms with Crippen molar-refractivity contribution in [3.05, 3.63) is 29.8 Å². The van der Waals surface area contributed by atoms with E-state index in [-0.39, 0.29) is 0 Å². The van der Waals surface area contributed by atoms with Crippen LogP contribution in [0.25, 0.3) is 0 Å². The van der Waals surface area contributed by atoms with Gasteiger partial charge in [-0.1, -0.05) is 17.7 Å². The number of nitrogens with zero attached hydrogens (tertiary/aromatic N) is 1. The van der Waals surface area contributed by atoms with Crippen molar-refractivity contribution in [2.45, 2.75) is 6.92 Å². The van der Waals surface area contributed by atoms with Gasteiger partial charge in [0.25, 0.3) is 0 Å². The summed E-state index contributed by atoms with van der Waals surface area (Å²) in [5.74, 6) is 0. The molecule has 3 nitrogen and oxygen atoms in total. The third-order valence-corrected chi connectivity index (χ3v) is 2.48. The molecule has 0 bridgehead atoms. The number of anilines is 1. The lowest BCUT2D eigenvalue weighted by molar-refractivity contribution is 0.0744. The van der Waals surface area contributed by atoms with Crippen molar-refractivity contribution < 1.29 is 9.47 Å². The van der Waals surface area contributed by atoms with Crippen molar-refractivity contribution in [1.29, 1.82) is 0 Å². The zero-order valence-corrected chi connectivity index (χ0v) is 10.4. The molecule has 3 heteroatoms. The summed E-state index contributed by atoms with van der Waals surface area (Å²) >= 11 is 0. The van der Waals surface area contributed by atoms with Gasteiger partial charge in [-0.15, -0.1) is 0 Å². The van der Waals surface area contributed by atoms with Crippen LogP contribution in [-0.4, -0.2) is 40.5 Å². The van der Waals surface area contributed by atoms with Gasteiger partial charge in [0, 0.05) is 26.4 Å². The van der Waals surface area contributed by atoms with Crippen molar-refractivity contribution in [1.82, 2.24) is 0 Å². The average Bonchev–Trinajstić information content (AvgIpc) is 2.29. The van der Waals surface area contributed by atoms with Gasteiger partial charge >= 0.3 is 0 Å². The highest BCUT2D eigenvalue weighted by molar-refractivity contribution is 5.46. The van der Waals surface area contributed by atoms with Crippen LogP contribution in [0.1, 0.15) is 5.56 Å². The van der Waals surface area contributed by atoms with E-state index in [1.54, 1.807) is 7.11 Å². The average molecular weight is 223 g/mol. The molecule has 0 N–H and O–H groups in total. The van der Waals surface area contributed by atoms with E-state index in [2.05, 4.69) is 43.1 Å². The molecule has 0 spiro atoms. The van der Waals surface area contributed by atoms with Crippen LogP contribution < -0.4 is 4.90 Å². The Bertz CT molecular complexity index is 284. The molecule has 0 saturated carbocycles. The Kier molecular flexibility index (Phi) is 5.90. The van der Waals surface area contributed by atoms with Crippen molar-refractivity contribution in [2.75, 3.05) is 45.4 Å². The third kappa shape index (κ3) is 4.64. The smallest absolute Gasteiger partial charge is 0.0701 e. The van der Waals surface area contributed by atoms with Crippen LogP contribution in [0, 0.1) is 6.92 Å². The van der Waals surface area contributed by atoms with Crippen molar-refractivity contribution in [3.8, 4) is 0 Å². The summed E-state index contributed by atoms with van der Waals surface area (Å²) in [6, 6.07) is 8.50. The molecular formula is C13H21NO2. The molecule has 0 unspecified atom stereocenters. The maximum atomic E-state index is 5.42. The second-order valence-electron chi connectivity index (χ2n) is 3.86. The number of ether oxygens (including phenoxy) is 2. The Balaban J connectivity index is 2.24. The lowest BCUT2D eigenvalue weighted by atomic mass is 10.2. The summed E-state index contributed by atoms with van der Waals surface area (Å²) in [7, 11) is 3.76. The maximum Gasteiger partial charge on any atom is 0.0701 e. The van der Waals surface area contributed by atoms with E-state index in [4.69, 9.17) is 9.47 Å². The van der Waals surface area contributed by atoms with E-state index >= 15 is 0 Å². The number of benzene rings is 1. The monoisotopic (exact) mass is 223 g/mol. The van der Waals surface area contributed by atoms with Gasteiger partial charge in [0.1, 0.15) is 0 Å². The number of methoxy groups -OCH3 is 1. The van der Waals surface area contributed by atoms with Crippen molar-refractivity contribution in [2.24, 2.45) is 0 Å². The van der Waals surface area contributed by atoms with E-state index in [0.29, 0.717) is 13.2 Å². The molecule has 90 valence electrons. The topological polar surface area (TPSA) is 21.7 Å². The van der Waals surface area contributed by atoms with Crippen LogP contribution in [0.5, 0.6) is 0 Å². The molecule has 0 aliphatic heterocycles. The minimum absolute atomic E-state index is 0.661. The van der Waals surface area contributed by atoms with Crippen LogP contribution in [0.3, 0.4) is 0 Å². The number of rotatable bonds is 7. The molecule has 0 amide bonds. The highest BCUT2D eigenvalue weighted by Crippen LogP contribution is 2.12. The lowest BCUT2D eigenvalue weighted by Crippen LogP contribution is -2.23. The van der Waals surface area contributed by atoms with Crippen LogP contribution in [0.2, 0.25) is 0 Å². The summed E-state index contributed by atoms with van der Waals surface area (Å²) in [5, 5.41) is 0. The van der Waals surface area contributed by atoms with Gasteiger partial charge in [0.15, 0.2) is 0 Å². The van der Waals surface area contributed by atoms with Gasteiger partial charge in [-0.2, -0.15) is 0 Å². The fraction of sp³-hybridized carbons (Fsp3) is 0.538. The first-order valence-corrected chi connectivity index (χ1v) is 5.58. The maximum absolute atomic E-state index is 5.42. The zero-order chi connectivity index (χ0) is 11.8. The Morgan fingerprint density at radius 1 is 1.06 bits per heavy atom. The van der Waals surface area contributed by atoms with Crippen LogP contribution in [0.15, 0.2) is 24.3 Å². The van der Waals surface area contributed by atoms with Crippen LogP contribution in [0.4, 0.5) is 5.69 Å². The second-order valence-corrected chi connectivity index (χ2v) is 3.86. The van der Waals surface area contributed by atoms with Crippen LogP contribution >= 0.6 is 0 Å². The Labute approximate surface area is 98.0 Å². The summed E-state index contributed by atoms with van der Waals surface area (Å²) < 4.78 is 10.3. The van der Waals surface area contributed by atoms with E-state index in [1.165, 1.54) is 11.3 Å². The van der Waals surface area contributed by atoms with Gasteiger partial charge in [-0.25, -0.2) is 0 Å². The Hall–Kier alpha value is -1.06. The summed E-state index contributed by atoms with van der Waals surface area (Å²) in [6.45, 7) is 5.05. The number of likely N-dealkylation sites (N-methyl/N-ethyl adjacent to an activating group) is 1. The summed E-state index contributed by atoms with van der Waals surface area (Å²) in [4.78, 5) is 2.19. The standard InChI is InChI=1S/C13H21NO2/c1-12-4-6-13(7-5-12)14(2)8-9-16-11-10-15-3/h4-7H,8-11H2,1-3H3. The predicted octanol–water partition coefficient (Wildman–Crippen LogP) is 2.09. The van der Waals surface area contributed by atoms with E-state index in [0.717, 1.165) is 13.2 Å². The molecule has 0 saturated heterocycles. The van der Waals surface area contributed by atoms with Gasteiger partial charge in [-0.3, -0.25) is 0 Å². The van der Waals surface area contributed by atoms with E-state index in [9.17, 15) is 0 Å². The summed E-state index contributed by atoms with van der Waals surface area (Å²) in [6.07, 6.45) is 0. The van der Waals surface area contributed by atoms with E-state index < -0.39 is 0 Å². The molecule has 0 aliphatic carbocycles. The van der Waals surface area contributed by atoms with Gasteiger partial charge in [0.2, 0.25) is 0 Å².